The number of aryl methyl sites for hydroxylation is 1. The molecule has 0 heterocycles. The van der Waals surface area contributed by atoms with Crippen LogP contribution in [-0.2, 0) is 10.5 Å². The van der Waals surface area contributed by atoms with Gasteiger partial charge in [-0.1, -0.05) is 84.6 Å². The van der Waals surface area contributed by atoms with Crippen molar-refractivity contribution in [2.45, 2.75) is 12.7 Å². The Kier molecular flexibility index (Phi) is 4.78. The van der Waals surface area contributed by atoms with Crippen LogP contribution in [-0.4, -0.2) is 10.9 Å². The van der Waals surface area contributed by atoms with E-state index in [0.29, 0.717) is 11.3 Å². The van der Waals surface area contributed by atoms with E-state index in [1.807, 2.05) is 43.3 Å². The summed E-state index contributed by atoms with van der Waals surface area (Å²) in [6.45, 7) is 1.85. The first-order chi connectivity index (χ1) is 13.1. The second-order valence-corrected chi connectivity index (χ2v) is 7.47. The van der Waals surface area contributed by atoms with E-state index >= 15 is 0 Å². The zero-order valence-electron chi connectivity index (χ0n) is 14.9. The molecule has 4 aromatic rings. The predicted octanol–water partition coefficient (Wildman–Crippen LogP) is 5.94. The third-order valence-corrected chi connectivity index (χ3v) is 5.69. The van der Waals surface area contributed by atoms with Crippen LogP contribution in [0.25, 0.3) is 21.5 Å². The topological polar surface area (TPSA) is 34.1 Å². The average Bonchev–Trinajstić information content (AvgIpc) is 2.70. The predicted molar refractivity (Wildman–Crippen MR) is 113 cm³/mol. The van der Waals surface area contributed by atoms with Crippen molar-refractivity contribution in [3.63, 3.8) is 0 Å². The Morgan fingerprint density at radius 3 is 1.96 bits per heavy atom. The number of hydrogen-bond donors (Lipinski definition) is 0. The van der Waals surface area contributed by atoms with Crippen LogP contribution in [0.3, 0.4) is 0 Å². The number of carbonyl (C=O) groups excluding carboxylic acids is 2. The van der Waals surface area contributed by atoms with E-state index in [0.717, 1.165) is 44.4 Å². The molecule has 0 spiro atoms. The zero-order valence-corrected chi connectivity index (χ0v) is 15.8. The molecule has 0 saturated heterocycles. The Balaban J connectivity index is 1.68. The van der Waals surface area contributed by atoms with Crippen LogP contribution in [0.15, 0.2) is 78.9 Å². The van der Waals surface area contributed by atoms with Gasteiger partial charge in [-0.15, -0.1) is 0 Å². The van der Waals surface area contributed by atoms with Crippen LogP contribution in [0.5, 0.6) is 0 Å². The first kappa shape index (κ1) is 17.5. The Hall–Kier alpha value is -2.91. The summed E-state index contributed by atoms with van der Waals surface area (Å²) >= 11 is 1.08. The first-order valence-electron chi connectivity index (χ1n) is 8.81. The van der Waals surface area contributed by atoms with E-state index in [1.165, 1.54) is 0 Å². The Labute approximate surface area is 162 Å². The van der Waals surface area contributed by atoms with Crippen LogP contribution >= 0.6 is 11.8 Å². The fourth-order valence-corrected chi connectivity index (χ4v) is 4.23. The van der Waals surface area contributed by atoms with Crippen LogP contribution in [0.4, 0.5) is 0 Å². The van der Waals surface area contributed by atoms with Gasteiger partial charge in [0.15, 0.2) is 0 Å². The molecule has 0 aliphatic rings. The van der Waals surface area contributed by atoms with Crippen molar-refractivity contribution in [1.29, 1.82) is 0 Å². The van der Waals surface area contributed by atoms with Gasteiger partial charge in [-0.3, -0.25) is 9.59 Å². The van der Waals surface area contributed by atoms with Crippen molar-refractivity contribution in [2.24, 2.45) is 0 Å². The van der Waals surface area contributed by atoms with Gasteiger partial charge < -0.3 is 0 Å². The maximum atomic E-state index is 12.6. The molecule has 0 N–H and O–H groups in total. The number of Topliss-reactive ketones (excluding diaryl/α,β-unsaturated/α-hetero) is 1. The molecular formula is C24H18O2S. The van der Waals surface area contributed by atoms with Crippen molar-refractivity contribution < 1.29 is 9.59 Å². The SMILES string of the molecule is Cc1ccccc1C(=O)C(=O)SCc1c2ccccc2cc2ccccc12. The van der Waals surface area contributed by atoms with E-state index in [9.17, 15) is 9.59 Å². The molecular weight excluding hydrogens is 352 g/mol. The number of ketones is 1. The van der Waals surface area contributed by atoms with Crippen molar-refractivity contribution in [1.82, 2.24) is 0 Å². The lowest BCUT2D eigenvalue weighted by Gasteiger charge is -2.11. The highest BCUT2D eigenvalue weighted by atomic mass is 32.2. The Bertz CT molecular complexity index is 1120. The molecule has 132 valence electrons. The van der Waals surface area contributed by atoms with Gasteiger partial charge in [0.1, 0.15) is 0 Å². The maximum Gasteiger partial charge on any atom is 0.260 e. The second kappa shape index (κ2) is 7.37. The van der Waals surface area contributed by atoms with Gasteiger partial charge in [0.25, 0.3) is 5.12 Å². The number of benzene rings is 4. The summed E-state index contributed by atoms with van der Waals surface area (Å²) in [5, 5.41) is 4.12. The Morgan fingerprint density at radius 1 is 0.778 bits per heavy atom. The fourth-order valence-electron chi connectivity index (χ4n) is 3.40. The quantitative estimate of drug-likeness (QED) is 0.253. The molecule has 0 atom stereocenters. The molecule has 0 unspecified atom stereocenters. The lowest BCUT2D eigenvalue weighted by molar-refractivity contribution is -0.107. The highest BCUT2D eigenvalue weighted by Crippen LogP contribution is 2.31. The molecule has 0 amide bonds. The van der Waals surface area contributed by atoms with Crippen LogP contribution in [0.2, 0.25) is 0 Å². The molecule has 0 aliphatic carbocycles. The lowest BCUT2D eigenvalue weighted by Crippen LogP contribution is -2.12. The van der Waals surface area contributed by atoms with Crippen molar-refractivity contribution in [3.8, 4) is 0 Å². The monoisotopic (exact) mass is 370 g/mol. The molecule has 0 bridgehead atoms. The summed E-state index contributed by atoms with van der Waals surface area (Å²) < 4.78 is 0. The van der Waals surface area contributed by atoms with Gasteiger partial charge in [0, 0.05) is 11.3 Å². The van der Waals surface area contributed by atoms with Crippen molar-refractivity contribution in [2.75, 3.05) is 0 Å². The van der Waals surface area contributed by atoms with Crippen molar-refractivity contribution >= 4 is 44.2 Å². The zero-order chi connectivity index (χ0) is 18.8. The van der Waals surface area contributed by atoms with E-state index in [-0.39, 0.29) is 0 Å². The van der Waals surface area contributed by atoms with Crippen LogP contribution < -0.4 is 0 Å². The van der Waals surface area contributed by atoms with Gasteiger partial charge in [0.2, 0.25) is 5.78 Å². The van der Waals surface area contributed by atoms with E-state index in [2.05, 4.69) is 30.3 Å². The smallest absolute Gasteiger partial charge is 0.260 e. The number of thioether (sulfide) groups is 1. The molecule has 0 saturated carbocycles. The van der Waals surface area contributed by atoms with E-state index < -0.39 is 10.9 Å². The molecule has 0 aromatic heterocycles. The van der Waals surface area contributed by atoms with E-state index in [1.54, 1.807) is 12.1 Å². The molecule has 4 rings (SSSR count). The number of fused-ring (bicyclic) bond motifs is 2. The van der Waals surface area contributed by atoms with Crippen LogP contribution in [0.1, 0.15) is 21.5 Å². The van der Waals surface area contributed by atoms with Crippen LogP contribution in [0, 0.1) is 6.92 Å². The summed E-state index contributed by atoms with van der Waals surface area (Å²) in [6.07, 6.45) is 0. The molecule has 2 nitrogen and oxygen atoms in total. The maximum absolute atomic E-state index is 12.6. The van der Waals surface area contributed by atoms with E-state index in [4.69, 9.17) is 0 Å². The minimum Gasteiger partial charge on any atom is -0.284 e. The summed E-state index contributed by atoms with van der Waals surface area (Å²) in [6, 6.07) is 25.7. The van der Waals surface area contributed by atoms with Gasteiger partial charge in [-0.2, -0.15) is 0 Å². The van der Waals surface area contributed by atoms with Gasteiger partial charge >= 0.3 is 0 Å². The highest BCUT2D eigenvalue weighted by molar-refractivity contribution is 8.14. The molecule has 0 aliphatic heterocycles. The normalized spacial score (nSPS) is 11.0. The molecule has 3 heteroatoms. The number of hydrogen-bond acceptors (Lipinski definition) is 3. The highest BCUT2D eigenvalue weighted by Gasteiger charge is 2.19. The average molecular weight is 370 g/mol. The number of rotatable bonds is 4. The largest absolute Gasteiger partial charge is 0.284 e. The summed E-state index contributed by atoms with van der Waals surface area (Å²) in [5.74, 6) is 0.0424. The lowest BCUT2D eigenvalue weighted by atomic mass is 9.98. The van der Waals surface area contributed by atoms with Crippen molar-refractivity contribution in [3.05, 3.63) is 95.6 Å². The number of carbonyl (C=O) groups is 2. The molecule has 4 aromatic carbocycles. The summed E-state index contributed by atoms with van der Waals surface area (Å²) in [5.41, 5.74) is 2.41. The third kappa shape index (κ3) is 3.38. The third-order valence-electron chi connectivity index (χ3n) is 4.81. The fraction of sp³-hybridized carbons (Fsp3) is 0.0833. The minimum atomic E-state index is -0.428. The first-order valence-corrected chi connectivity index (χ1v) is 9.80. The summed E-state index contributed by atoms with van der Waals surface area (Å²) in [7, 11) is 0. The van der Waals surface area contributed by atoms with Gasteiger partial charge in [-0.25, -0.2) is 0 Å². The minimum absolute atomic E-state index is 0.415. The Morgan fingerprint density at radius 2 is 1.33 bits per heavy atom. The molecule has 27 heavy (non-hydrogen) atoms. The standard InChI is InChI=1S/C24H18O2S/c1-16-8-2-5-11-19(16)23(25)24(26)27-15-22-20-12-6-3-9-17(20)14-18-10-4-7-13-21(18)22/h2-14H,15H2,1H3. The van der Waals surface area contributed by atoms with Gasteiger partial charge in [-0.05, 0) is 45.7 Å². The molecule has 0 fully saturated rings. The van der Waals surface area contributed by atoms with Gasteiger partial charge in [0.05, 0.1) is 0 Å². The molecule has 0 radical (unpaired) electrons. The summed E-state index contributed by atoms with van der Waals surface area (Å²) in [4.78, 5) is 25.1. The second-order valence-electron chi connectivity index (χ2n) is 6.52.